The lowest BCUT2D eigenvalue weighted by Crippen LogP contribution is -2.39. The van der Waals surface area contributed by atoms with E-state index < -0.39 is 22.9 Å². The summed E-state index contributed by atoms with van der Waals surface area (Å²) in [7, 11) is -5.76. The summed E-state index contributed by atoms with van der Waals surface area (Å²) < 4.78 is 30.0. The van der Waals surface area contributed by atoms with Gasteiger partial charge in [-0.2, -0.15) is 0 Å². The standard InChI is InChI=1S/C8H15NO6P2.H2O/c10-16(11)14-8(15-17(12)13)9-7-5-3-1-2-4-6-7;/h7-9H,1-6H2;1H2/p+2. The Labute approximate surface area is 107 Å². The van der Waals surface area contributed by atoms with Crippen molar-refractivity contribution in [1.29, 1.82) is 0 Å². The predicted molar refractivity (Wildman–Crippen MR) is 63.8 cm³/mol. The first kappa shape index (κ1) is 18.0. The molecule has 18 heavy (non-hydrogen) atoms. The van der Waals surface area contributed by atoms with E-state index in [1.807, 2.05) is 0 Å². The van der Waals surface area contributed by atoms with Crippen molar-refractivity contribution in [1.82, 2.24) is 5.32 Å². The van der Waals surface area contributed by atoms with Crippen LogP contribution in [0.4, 0.5) is 0 Å². The molecule has 1 fully saturated rings. The minimum atomic E-state index is -2.88. The average Bonchev–Trinajstić information content (AvgIpc) is 2.44. The lowest BCUT2D eigenvalue weighted by Gasteiger charge is -2.16. The average molecular weight is 303 g/mol. The second kappa shape index (κ2) is 9.83. The van der Waals surface area contributed by atoms with Crippen molar-refractivity contribution in [2.75, 3.05) is 0 Å². The summed E-state index contributed by atoms with van der Waals surface area (Å²) in [6.07, 6.45) is 4.91. The molecule has 2 atom stereocenters. The van der Waals surface area contributed by atoms with Crippen molar-refractivity contribution in [3.8, 4) is 0 Å². The fourth-order valence-electron chi connectivity index (χ4n) is 1.88. The third kappa shape index (κ3) is 8.13. The zero-order chi connectivity index (χ0) is 12.7. The van der Waals surface area contributed by atoms with Crippen LogP contribution in [0, 0.1) is 0 Å². The van der Waals surface area contributed by atoms with E-state index in [4.69, 9.17) is 9.79 Å². The minimum absolute atomic E-state index is 0. The van der Waals surface area contributed by atoms with Crippen molar-refractivity contribution < 1.29 is 33.4 Å². The number of nitrogens with one attached hydrogen (secondary N) is 1. The summed E-state index contributed by atoms with van der Waals surface area (Å²) in [5, 5.41) is 2.83. The maximum atomic E-state index is 10.5. The first-order valence-corrected chi connectivity index (χ1v) is 7.76. The molecule has 0 radical (unpaired) electrons. The van der Waals surface area contributed by atoms with E-state index in [1.54, 1.807) is 0 Å². The lowest BCUT2D eigenvalue weighted by atomic mass is 10.1. The van der Waals surface area contributed by atoms with Crippen LogP contribution in [-0.4, -0.2) is 27.7 Å². The molecule has 1 saturated carbocycles. The Morgan fingerprint density at radius 1 is 1.00 bits per heavy atom. The van der Waals surface area contributed by atoms with Gasteiger partial charge in [0.15, 0.2) is 0 Å². The first-order chi connectivity index (χ1) is 8.08. The summed E-state index contributed by atoms with van der Waals surface area (Å²) in [6.45, 7) is 0. The highest BCUT2D eigenvalue weighted by atomic mass is 31.1. The van der Waals surface area contributed by atoms with Gasteiger partial charge in [-0.05, 0) is 12.8 Å². The van der Waals surface area contributed by atoms with Crippen molar-refractivity contribution in [2.45, 2.75) is 51.0 Å². The van der Waals surface area contributed by atoms with E-state index in [9.17, 15) is 9.13 Å². The van der Waals surface area contributed by atoms with Crippen LogP contribution < -0.4 is 5.32 Å². The van der Waals surface area contributed by atoms with Crippen LogP contribution in [0.15, 0.2) is 0 Å². The Morgan fingerprint density at radius 3 is 1.83 bits per heavy atom. The maximum Gasteiger partial charge on any atom is 0.699 e. The molecule has 0 bridgehead atoms. The lowest BCUT2D eigenvalue weighted by molar-refractivity contribution is -0.0338. The van der Waals surface area contributed by atoms with Gasteiger partial charge in [-0.15, -0.1) is 9.79 Å². The number of hydrogen-bond donors (Lipinski definition) is 3. The van der Waals surface area contributed by atoms with E-state index in [1.165, 1.54) is 0 Å². The van der Waals surface area contributed by atoms with E-state index >= 15 is 0 Å². The Balaban J connectivity index is 0.00000289. The summed E-state index contributed by atoms with van der Waals surface area (Å²) in [6, 6.07) is 0.0763. The summed E-state index contributed by atoms with van der Waals surface area (Å²) in [5.41, 5.74) is 0. The Bertz CT molecular complexity index is 254. The zero-order valence-electron chi connectivity index (χ0n) is 9.82. The van der Waals surface area contributed by atoms with Crippen LogP contribution in [0.25, 0.3) is 0 Å². The van der Waals surface area contributed by atoms with E-state index in [-0.39, 0.29) is 11.5 Å². The van der Waals surface area contributed by atoms with Gasteiger partial charge in [-0.25, -0.2) is 0 Å². The number of hydrogen-bond acceptors (Lipinski definition) is 5. The van der Waals surface area contributed by atoms with E-state index in [0.29, 0.717) is 0 Å². The highest BCUT2D eigenvalue weighted by Gasteiger charge is 2.34. The third-order valence-electron chi connectivity index (χ3n) is 2.60. The Hall–Kier alpha value is -0.0400. The number of rotatable bonds is 6. The van der Waals surface area contributed by atoms with Gasteiger partial charge in [0.1, 0.15) is 0 Å². The molecule has 1 aliphatic carbocycles. The second-order valence-corrected chi connectivity index (χ2v) is 5.25. The molecule has 2 unspecified atom stereocenters. The van der Waals surface area contributed by atoms with Crippen molar-refractivity contribution in [2.24, 2.45) is 0 Å². The monoisotopic (exact) mass is 303 g/mol. The molecule has 10 heteroatoms. The molecule has 0 heterocycles. The van der Waals surface area contributed by atoms with Gasteiger partial charge >= 0.3 is 22.9 Å². The summed E-state index contributed by atoms with van der Waals surface area (Å²) >= 11 is 0. The van der Waals surface area contributed by atoms with Gasteiger partial charge in [0.2, 0.25) is 0 Å². The molecule has 1 rings (SSSR count). The van der Waals surface area contributed by atoms with Crippen LogP contribution in [0.5, 0.6) is 0 Å². The molecule has 0 saturated heterocycles. The maximum absolute atomic E-state index is 10.5. The third-order valence-corrected chi connectivity index (χ3v) is 3.34. The summed E-state index contributed by atoms with van der Waals surface area (Å²) in [5.74, 6) is 0. The molecule has 0 aromatic heterocycles. The molecule has 0 aromatic carbocycles. The van der Waals surface area contributed by atoms with Crippen molar-refractivity contribution in [3.63, 3.8) is 0 Å². The molecular formula is C8H19NO7P2+2. The van der Waals surface area contributed by atoms with Crippen LogP contribution >= 0.6 is 16.5 Å². The van der Waals surface area contributed by atoms with Crippen LogP contribution in [0.1, 0.15) is 38.5 Å². The molecule has 0 aliphatic heterocycles. The SMILES string of the molecule is O.O=[P+](O)OC(NC1CCCCCC1)O[P+](=O)O. The molecule has 0 amide bonds. The fourth-order valence-corrected chi connectivity index (χ4v) is 2.49. The molecule has 5 N–H and O–H groups in total. The highest BCUT2D eigenvalue weighted by Crippen LogP contribution is 2.26. The summed E-state index contributed by atoms with van der Waals surface area (Å²) in [4.78, 5) is 17.2. The topological polar surface area (TPSA) is 137 Å². The van der Waals surface area contributed by atoms with Crippen molar-refractivity contribution in [3.05, 3.63) is 0 Å². The van der Waals surface area contributed by atoms with Gasteiger partial charge in [-0.1, -0.05) is 34.7 Å². The van der Waals surface area contributed by atoms with Crippen molar-refractivity contribution >= 4 is 16.5 Å². The molecule has 0 aromatic rings. The first-order valence-electron chi connectivity index (χ1n) is 5.50. The van der Waals surface area contributed by atoms with Gasteiger partial charge in [0, 0.05) is 15.2 Å². The normalized spacial score (nSPS) is 20.6. The Morgan fingerprint density at radius 2 is 1.44 bits per heavy atom. The van der Waals surface area contributed by atoms with Crippen LogP contribution in [0.2, 0.25) is 0 Å². The van der Waals surface area contributed by atoms with Gasteiger partial charge < -0.3 is 5.48 Å². The van der Waals surface area contributed by atoms with E-state index in [2.05, 4.69) is 14.4 Å². The molecular weight excluding hydrogens is 284 g/mol. The molecule has 0 spiro atoms. The van der Waals surface area contributed by atoms with Gasteiger partial charge in [0.05, 0.1) is 0 Å². The van der Waals surface area contributed by atoms with Crippen LogP contribution in [-0.2, 0) is 18.2 Å². The second-order valence-electron chi connectivity index (χ2n) is 3.87. The Kier molecular flexibility index (Phi) is 9.81. The molecule has 1 aliphatic rings. The largest absolute Gasteiger partial charge is 0.699 e. The van der Waals surface area contributed by atoms with E-state index in [0.717, 1.165) is 38.5 Å². The molecule has 8 nitrogen and oxygen atoms in total. The van der Waals surface area contributed by atoms with Gasteiger partial charge in [0.25, 0.3) is 0 Å². The zero-order valence-corrected chi connectivity index (χ0v) is 11.6. The predicted octanol–water partition coefficient (Wildman–Crippen LogP) is 1.09. The fraction of sp³-hybridized carbons (Fsp3) is 1.00. The smallest absolute Gasteiger partial charge is 0.412 e. The van der Waals surface area contributed by atoms with Crippen LogP contribution in [0.3, 0.4) is 0 Å². The minimum Gasteiger partial charge on any atom is -0.412 e. The quantitative estimate of drug-likeness (QED) is 0.379. The van der Waals surface area contributed by atoms with Gasteiger partial charge in [-0.3, -0.25) is 5.32 Å². The highest BCUT2D eigenvalue weighted by molar-refractivity contribution is 7.32. The molecule has 106 valence electrons.